The van der Waals surface area contributed by atoms with Crippen molar-refractivity contribution in [2.24, 2.45) is 5.92 Å². The fourth-order valence-electron chi connectivity index (χ4n) is 4.01. The minimum absolute atomic E-state index is 0.0871. The first-order chi connectivity index (χ1) is 13.6. The zero-order chi connectivity index (χ0) is 19.5. The van der Waals surface area contributed by atoms with Crippen LogP contribution >= 0.6 is 11.3 Å². The van der Waals surface area contributed by atoms with Crippen molar-refractivity contribution in [3.63, 3.8) is 0 Å². The molecule has 4 rings (SSSR count). The fourth-order valence-corrected chi connectivity index (χ4v) is 4.86. The Bertz CT molecular complexity index is 816. The minimum atomic E-state index is 0.0871. The van der Waals surface area contributed by atoms with Gasteiger partial charge in [-0.15, -0.1) is 11.3 Å². The van der Waals surface area contributed by atoms with E-state index in [0.717, 1.165) is 56.6 Å². The van der Waals surface area contributed by atoms with Crippen LogP contribution in [0.2, 0.25) is 0 Å². The second-order valence-electron chi connectivity index (χ2n) is 7.69. The van der Waals surface area contributed by atoms with Crippen molar-refractivity contribution in [3.05, 3.63) is 35.3 Å². The zero-order valence-electron chi connectivity index (χ0n) is 16.6. The molecule has 1 aromatic carbocycles. The quantitative estimate of drug-likeness (QED) is 0.788. The highest BCUT2D eigenvalue weighted by molar-refractivity contribution is 7.13. The number of carbonyl (C=O) groups excluding carboxylic acids is 1. The lowest BCUT2D eigenvalue weighted by Crippen LogP contribution is -2.46. The van der Waals surface area contributed by atoms with Crippen molar-refractivity contribution >= 4 is 28.1 Å². The summed E-state index contributed by atoms with van der Waals surface area (Å²) < 4.78 is 5.34. The number of piperazine rings is 1. The Morgan fingerprint density at radius 2 is 1.96 bits per heavy atom. The number of nitrogens with zero attached hydrogens (tertiary/aromatic N) is 4. The van der Waals surface area contributed by atoms with Gasteiger partial charge in [-0.2, -0.15) is 0 Å². The van der Waals surface area contributed by atoms with Crippen LogP contribution in [0.1, 0.15) is 30.3 Å². The largest absolute Gasteiger partial charge is 0.497 e. The number of hydrogen-bond acceptors (Lipinski definition) is 6. The van der Waals surface area contributed by atoms with E-state index in [9.17, 15) is 4.79 Å². The van der Waals surface area contributed by atoms with Gasteiger partial charge in [0, 0.05) is 56.4 Å². The molecule has 0 spiro atoms. The molecule has 7 heteroatoms. The zero-order valence-corrected chi connectivity index (χ0v) is 17.5. The molecule has 2 aromatic rings. The molecule has 1 unspecified atom stereocenters. The van der Waals surface area contributed by atoms with Crippen LogP contribution in [0.3, 0.4) is 0 Å². The summed E-state index contributed by atoms with van der Waals surface area (Å²) in [4.78, 5) is 24.1. The monoisotopic (exact) mass is 400 g/mol. The minimum Gasteiger partial charge on any atom is -0.497 e. The molecule has 150 valence electrons. The molecular weight excluding hydrogens is 372 g/mol. The molecule has 3 heterocycles. The molecule has 2 aliphatic rings. The molecular formula is C21H28N4O2S. The number of anilines is 2. The lowest BCUT2D eigenvalue weighted by atomic mass is 10.0. The molecule has 6 nitrogen and oxygen atoms in total. The second-order valence-corrected chi connectivity index (χ2v) is 8.53. The van der Waals surface area contributed by atoms with E-state index in [1.54, 1.807) is 18.4 Å². The molecule has 2 aliphatic heterocycles. The molecule has 2 saturated heterocycles. The highest BCUT2D eigenvalue weighted by Gasteiger charge is 2.25. The van der Waals surface area contributed by atoms with Crippen LogP contribution in [-0.2, 0) is 0 Å². The third-order valence-electron chi connectivity index (χ3n) is 5.62. The van der Waals surface area contributed by atoms with Crippen molar-refractivity contribution in [1.29, 1.82) is 0 Å². The number of hydrogen-bond donors (Lipinski definition) is 0. The highest BCUT2D eigenvalue weighted by Crippen LogP contribution is 2.27. The number of piperidine rings is 1. The number of thiazole rings is 1. The van der Waals surface area contributed by atoms with Gasteiger partial charge in [0.15, 0.2) is 5.13 Å². The SMILES string of the molecule is COc1cccc(N2CCN(c3nc(C(=O)N4CCCC(C)C4)cs3)CC2)c1. The summed E-state index contributed by atoms with van der Waals surface area (Å²) in [5, 5.41) is 2.88. The van der Waals surface area contributed by atoms with Crippen LogP contribution in [0.4, 0.5) is 10.8 Å². The van der Waals surface area contributed by atoms with Crippen LogP contribution in [0.25, 0.3) is 0 Å². The van der Waals surface area contributed by atoms with Crippen LogP contribution in [-0.4, -0.2) is 62.2 Å². The van der Waals surface area contributed by atoms with Crippen LogP contribution in [0.15, 0.2) is 29.6 Å². The fraction of sp³-hybridized carbons (Fsp3) is 0.524. The second kappa shape index (κ2) is 8.39. The van der Waals surface area contributed by atoms with Crippen molar-refractivity contribution in [3.8, 4) is 5.75 Å². The number of amides is 1. The Morgan fingerprint density at radius 3 is 2.71 bits per heavy atom. The third kappa shape index (κ3) is 4.09. The summed E-state index contributed by atoms with van der Waals surface area (Å²) >= 11 is 1.58. The standard InChI is InChI=1S/C21H28N4O2S/c1-16-5-4-8-25(14-16)20(26)19-15-28-21(22-19)24-11-9-23(10-12-24)17-6-3-7-18(13-17)27-2/h3,6-7,13,15-16H,4-5,8-12,14H2,1-2H3. The van der Waals surface area contributed by atoms with Crippen LogP contribution < -0.4 is 14.5 Å². The first kappa shape index (κ1) is 19.1. The molecule has 28 heavy (non-hydrogen) atoms. The number of ether oxygens (including phenoxy) is 1. The Morgan fingerprint density at radius 1 is 1.18 bits per heavy atom. The summed E-state index contributed by atoms with van der Waals surface area (Å²) in [7, 11) is 1.70. The van der Waals surface area contributed by atoms with E-state index in [2.05, 4.69) is 33.8 Å². The molecule has 1 aromatic heterocycles. The van der Waals surface area contributed by atoms with Gasteiger partial charge >= 0.3 is 0 Å². The van der Waals surface area contributed by atoms with E-state index >= 15 is 0 Å². The van der Waals surface area contributed by atoms with Crippen molar-refractivity contribution in [1.82, 2.24) is 9.88 Å². The first-order valence-corrected chi connectivity index (χ1v) is 10.9. The van der Waals surface area contributed by atoms with Crippen molar-refractivity contribution < 1.29 is 9.53 Å². The molecule has 0 aliphatic carbocycles. The van der Waals surface area contributed by atoms with Crippen molar-refractivity contribution in [2.75, 3.05) is 56.2 Å². The van der Waals surface area contributed by atoms with Crippen LogP contribution in [0.5, 0.6) is 5.75 Å². The third-order valence-corrected chi connectivity index (χ3v) is 6.53. The van der Waals surface area contributed by atoms with E-state index in [-0.39, 0.29) is 5.91 Å². The maximum Gasteiger partial charge on any atom is 0.273 e. The van der Waals surface area contributed by atoms with Gasteiger partial charge in [0.2, 0.25) is 0 Å². The Kier molecular flexibility index (Phi) is 5.71. The van der Waals surface area contributed by atoms with Gasteiger partial charge in [0.25, 0.3) is 5.91 Å². The molecule has 1 amide bonds. The molecule has 0 N–H and O–H groups in total. The van der Waals surface area contributed by atoms with E-state index in [4.69, 9.17) is 4.74 Å². The summed E-state index contributed by atoms with van der Waals surface area (Å²) in [6.45, 7) is 7.59. The number of aromatic nitrogens is 1. The topological polar surface area (TPSA) is 48.9 Å². The smallest absolute Gasteiger partial charge is 0.273 e. The Labute approximate surface area is 170 Å². The van der Waals surface area contributed by atoms with E-state index in [0.29, 0.717) is 11.6 Å². The van der Waals surface area contributed by atoms with E-state index in [1.807, 2.05) is 22.4 Å². The van der Waals surface area contributed by atoms with Gasteiger partial charge in [0.05, 0.1) is 7.11 Å². The maximum absolute atomic E-state index is 12.8. The van der Waals surface area contributed by atoms with Crippen molar-refractivity contribution in [2.45, 2.75) is 19.8 Å². The summed E-state index contributed by atoms with van der Waals surface area (Å²) in [5.74, 6) is 1.56. The van der Waals surface area contributed by atoms with Gasteiger partial charge < -0.3 is 19.4 Å². The van der Waals surface area contributed by atoms with Crippen LogP contribution in [0, 0.1) is 5.92 Å². The normalized spacial score (nSPS) is 20.4. The number of rotatable bonds is 4. The number of methoxy groups -OCH3 is 1. The maximum atomic E-state index is 12.8. The number of carbonyl (C=O) groups is 1. The lowest BCUT2D eigenvalue weighted by Gasteiger charge is -2.36. The van der Waals surface area contributed by atoms with Gasteiger partial charge in [-0.3, -0.25) is 4.79 Å². The lowest BCUT2D eigenvalue weighted by molar-refractivity contribution is 0.0678. The predicted octanol–water partition coefficient (Wildman–Crippen LogP) is 3.35. The van der Waals surface area contributed by atoms with Gasteiger partial charge in [-0.25, -0.2) is 4.98 Å². The average Bonchev–Trinajstić information content (AvgIpc) is 3.23. The summed E-state index contributed by atoms with van der Waals surface area (Å²) in [6, 6.07) is 8.20. The highest BCUT2D eigenvalue weighted by atomic mass is 32.1. The average molecular weight is 401 g/mol. The Hall–Kier alpha value is -2.28. The Balaban J connectivity index is 1.37. The molecule has 2 fully saturated rings. The molecule has 0 bridgehead atoms. The van der Waals surface area contributed by atoms with E-state index in [1.165, 1.54) is 12.1 Å². The van der Waals surface area contributed by atoms with E-state index < -0.39 is 0 Å². The number of benzene rings is 1. The molecule has 0 radical (unpaired) electrons. The summed E-state index contributed by atoms with van der Waals surface area (Å²) in [6.07, 6.45) is 2.31. The summed E-state index contributed by atoms with van der Waals surface area (Å²) in [5.41, 5.74) is 1.79. The predicted molar refractivity (Wildman–Crippen MR) is 114 cm³/mol. The molecule has 0 saturated carbocycles. The van der Waals surface area contributed by atoms with Gasteiger partial charge in [0.1, 0.15) is 11.4 Å². The van der Waals surface area contributed by atoms with Gasteiger partial charge in [-0.05, 0) is 30.9 Å². The first-order valence-electron chi connectivity index (χ1n) is 10.0. The number of likely N-dealkylation sites (tertiary alicyclic amines) is 1. The van der Waals surface area contributed by atoms with Gasteiger partial charge in [-0.1, -0.05) is 13.0 Å². The molecule has 1 atom stereocenters.